The summed E-state index contributed by atoms with van der Waals surface area (Å²) in [6.45, 7) is 3.95. The third kappa shape index (κ3) is 3.34. The molecular formula is C21H24N2O3S. The lowest BCUT2D eigenvalue weighted by Gasteiger charge is -2.32. The second kappa shape index (κ2) is 7.00. The average molecular weight is 385 g/mol. The largest absolute Gasteiger partial charge is 0.371 e. The summed E-state index contributed by atoms with van der Waals surface area (Å²) in [4.78, 5) is 14.2. The molecule has 0 amide bonds. The first-order valence-corrected chi connectivity index (χ1v) is 10.9. The minimum absolute atomic E-state index is 0.137. The van der Waals surface area contributed by atoms with Gasteiger partial charge in [-0.25, -0.2) is 8.42 Å². The predicted molar refractivity (Wildman–Crippen MR) is 107 cm³/mol. The minimum atomic E-state index is -3.71. The van der Waals surface area contributed by atoms with E-state index < -0.39 is 10.0 Å². The first-order valence-electron chi connectivity index (χ1n) is 9.48. The fourth-order valence-corrected chi connectivity index (χ4v) is 5.53. The summed E-state index contributed by atoms with van der Waals surface area (Å²) in [5.41, 5.74) is 3.35. The van der Waals surface area contributed by atoms with Gasteiger partial charge in [0.15, 0.2) is 5.78 Å². The first-order chi connectivity index (χ1) is 13.0. The van der Waals surface area contributed by atoms with Crippen molar-refractivity contribution < 1.29 is 13.2 Å². The summed E-state index contributed by atoms with van der Waals surface area (Å²) in [6.07, 6.45) is 4.03. The van der Waals surface area contributed by atoms with Gasteiger partial charge in [0.1, 0.15) is 0 Å². The number of fused-ring (bicyclic) bond motifs is 1. The van der Waals surface area contributed by atoms with Crippen LogP contribution in [0.15, 0.2) is 47.4 Å². The van der Waals surface area contributed by atoms with Crippen molar-refractivity contribution in [2.75, 3.05) is 28.8 Å². The Kier molecular flexibility index (Phi) is 4.68. The number of carbonyl (C=O) groups is 1. The van der Waals surface area contributed by atoms with Gasteiger partial charge >= 0.3 is 0 Å². The molecule has 1 fully saturated rings. The molecule has 0 atom stereocenters. The second-order valence-electron chi connectivity index (χ2n) is 7.27. The fraction of sp³-hybridized carbons (Fsp3) is 0.381. The van der Waals surface area contributed by atoms with E-state index in [0.717, 1.165) is 42.9 Å². The number of rotatable bonds is 4. The Balaban J connectivity index is 1.75. The van der Waals surface area contributed by atoms with Gasteiger partial charge in [0.05, 0.1) is 10.6 Å². The molecule has 2 heterocycles. The Hall–Kier alpha value is -2.34. The number of Topliss-reactive ketones (excluding diaryl/α,β-unsaturated/α-hetero) is 1. The number of aryl methyl sites for hydroxylation is 1. The Morgan fingerprint density at radius 2 is 1.74 bits per heavy atom. The van der Waals surface area contributed by atoms with Crippen molar-refractivity contribution in [2.45, 2.75) is 37.5 Å². The first kappa shape index (κ1) is 18.0. The molecule has 0 bridgehead atoms. The second-order valence-corrected chi connectivity index (χ2v) is 9.13. The Morgan fingerprint density at radius 1 is 0.963 bits per heavy atom. The highest BCUT2D eigenvalue weighted by Gasteiger charge is 2.30. The molecule has 4 rings (SSSR count). The van der Waals surface area contributed by atoms with E-state index in [1.165, 1.54) is 30.1 Å². The molecule has 0 aromatic heterocycles. The lowest BCUT2D eigenvalue weighted by molar-refractivity contribution is 0.101. The number of hydrogen-bond donors (Lipinski definition) is 0. The highest BCUT2D eigenvalue weighted by molar-refractivity contribution is 7.92. The van der Waals surface area contributed by atoms with Crippen LogP contribution in [0.5, 0.6) is 0 Å². The number of sulfonamides is 1. The predicted octanol–water partition coefficient (Wildman–Crippen LogP) is 3.63. The van der Waals surface area contributed by atoms with E-state index >= 15 is 0 Å². The SMILES string of the molecule is CC(=O)c1cccc(S(=O)(=O)N2CCCc3ccc(N4CCCC4)cc32)c1. The topological polar surface area (TPSA) is 57.7 Å². The molecule has 2 aromatic rings. The van der Waals surface area contributed by atoms with Gasteiger partial charge < -0.3 is 4.90 Å². The van der Waals surface area contributed by atoms with Crippen LogP contribution in [-0.4, -0.2) is 33.8 Å². The third-order valence-corrected chi connectivity index (χ3v) is 7.25. The van der Waals surface area contributed by atoms with Crippen LogP contribution in [-0.2, 0) is 16.4 Å². The van der Waals surface area contributed by atoms with Gasteiger partial charge in [-0.15, -0.1) is 0 Å². The summed E-state index contributed by atoms with van der Waals surface area (Å²) in [5, 5.41) is 0. The molecule has 2 aliphatic heterocycles. The van der Waals surface area contributed by atoms with Crippen LogP contribution in [0.4, 0.5) is 11.4 Å². The molecule has 2 aromatic carbocycles. The number of carbonyl (C=O) groups excluding carboxylic acids is 1. The van der Waals surface area contributed by atoms with Crippen LogP contribution in [0, 0.1) is 0 Å². The smallest absolute Gasteiger partial charge is 0.264 e. The van der Waals surface area contributed by atoms with Crippen molar-refractivity contribution in [3.63, 3.8) is 0 Å². The number of ketones is 1. The molecule has 0 aliphatic carbocycles. The Morgan fingerprint density at radius 3 is 2.48 bits per heavy atom. The van der Waals surface area contributed by atoms with Crippen molar-refractivity contribution in [2.24, 2.45) is 0 Å². The number of nitrogens with zero attached hydrogens (tertiary/aromatic N) is 2. The molecule has 6 heteroatoms. The summed E-state index contributed by atoms with van der Waals surface area (Å²) >= 11 is 0. The van der Waals surface area contributed by atoms with E-state index in [-0.39, 0.29) is 10.7 Å². The van der Waals surface area contributed by atoms with Crippen molar-refractivity contribution in [3.8, 4) is 0 Å². The normalized spacial score (nSPS) is 17.1. The van der Waals surface area contributed by atoms with Crippen molar-refractivity contribution >= 4 is 27.2 Å². The summed E-state index contributed by atoms with van der Waals surface area (Å²) < 4.78 is 28.2. The minimum Gasteiger partial charge on any atom is -0.371 e. The lowest BCUT2D eigenvalue weighted by Crippen LogP contribution is -2.35. The molecule has 0 radical (unpaired) electrons. The van der Waals surface area contributed by atoms with Gasteiger partial charge in [-0.05, 0) is 62.4 Å². The molecule has 2 aliphatic rings. The molecule has 1 saturated heterocycles. The maximum Gasteiger partial charge on any atom is 0.264 e. The zero-order valence-electron chi connectivity index (χ0n) is 15.5. The van der Waals surface area contributed by atoms with Crippen molar-refractivity contribution in [1.82, 2.24) is 0 Å². The quantitative estimate of drug-likeness (QED) is 0.756. The van der Waals surface area contributed by atoms with Gasteiger partial charge in [-0.3, -0.25) is 9.10 Å². The van der Waals surface area contributed by atoms with E-state index in [0.29, 0.717) is 12.1 Å². The average Bonchev–Trinajstić information content (AvgIpc) is 3.22. The molecule has 0 N–H and O–H groups in total. The van der Waals surface area contributed by atoms with Crippen LogP contribution < -0.4 is 9.21 Å². The van der Waals surface area contributed by atoms with Crippen LogP contribution in [0.25, 0.3) is 0 Å². The van der Waals surface area contributed by atoms with E-state index in [2.05, 4.69) is 17.0 Å². The molecule has 0 unspecified atom stereocenters. The van der Waals surface area contributed by atoms with Gasteiger partial charge in [0.25, 0.3) is 10.0 Å². The maximum absolute atomic E-state index is 13.4. The summed E-state index contributed by atoms with van der Waals surface area (Å²) in [6, 6.07) is 12.5. The van der Waals surface area contributed by atoms with Gasteiger partial charge in [0, 0.05) is 30.9 Å². The maximum atomic E-state index is 13.4. The van der Waals surface area contributed by atoms with E-state index in [4.69, 9.17) is 0 Å². The van der Waals surface area contributed by atoms with Gasteiger partial charge in [-0.2, -0.15) is 0 Å². The summed E-state index contributed by atoms with van der Waals surface area (Å²) in [5.74, 6) is -0.137. The van der Waals surface area contributed by atoms with Crippen molar-refractivity contribution in [1.29, 1.82) is 0 Å². The van der Waals surface area contributed by atoms with Crippen molar-refractivity contribution in [3.05, 3.63) is 53.6 Å². The van der Waals surface area contributed by atoms with Crippen LogP contribution in [0.2, 0.25) is 0 Å². The molecule has 27 heavy (non-hydrogen) atoms. The number of benzene rings is 2. The van der Waals surface area contributed by atoms with E-state index in [1.807, 2.05) is 6.07 Å². The van der Waals surface area contributed by atoms with Crippen LogP contribution >= 0.6 is 0 Å². The molecule has 142 valence electrons. The molecular weight excluding hydrogens is 360 g/mol. The Bertz CT molecular complexity index is 979. The highest BCUT2D eigenvalue weighted by Crippen LogP contribution is 2.36. The van der Waals surface area contributed by atoms with Gasteiger partial charge in [0.2, 0.25) is 0 Å². The number of hydrogen-bond acceptors (Lipinski definition) is 4. The molecule has 0 saturated carbocycles. The lowest BCUT2D eigenvalue weighted by atomic mass is 10.0. The van der Waals surface area contributed by atoms with E-state index in [1.54, 1.807) is 18.2 Å². The third-order valence-electron chi connectivity index (χ3n) is 5.44. The summed E-state index contributed by atoms with van der Waals surface area (Å²) in [7, 11) is -3.71. The fourth-order valence-electron chi connectivity index (χ4n) is 3.95. The molecule has 0 spiro atoms. The molecule has 5 nitrogen and oxygen atoms in total. The standard InChI is InChI=1S/C21H24N2O3S/c1-16(24)18-6-4-8-20(14-18)27(25,26)23-13-5-7-17-9-10-19(15-21(17)23)22-11-2-3-12-22/h4,6,8-10,14-15H,2-3,5,7,11-13H2,1H3. The number of anilines is 2. The zero-order valence-corrected chi connectivity index (χ0v) is 16.3. The van der Waals surface area contributed by atoms with Gasteiger partial charge in [-0.1, -0.05) is 18.2 Å². The van der Waals surface area contributed by atoms with Crippen LogP contribution in [0.1, 0.15) is 42.1 Å². The van der Waals surface area contributed by atoms with Crippen LogP contribution in [0.3, 0.4) is 0 Å². The zero-order chi connectivity index (χ0) is 19.0. The monoisotopic (exact) mass is 384 g/mol. The van der Waals surface area contributed by atoms with E-state index in [9.17, 15) is 13.2 Å². The highest BCUT2D eigenvalue weighted by atomic mass is 32.2. The Labute approximate surface area is 160 Å².